The number of fused-ring (bicyclic) bond motifs is 1. The molecule has 3 N–H and O–H groups in total. The van der Waals surface area contributed by atoms with Gasteiger partial charge in [0.25, 0.3) is 0 Å². The molecule has 0 saturated heterocycles. The van der Waals surface area contributed by atoms with Gasteiger partial charge in [-0.3, -0.25) is 14.4 Å². The van der Waals surface area contributed by atoms with Gasteiger partial charge in [-0.15, -0.1) is 0 Å². The molecule has 166 valence electrons. The Labute approximate surface area is 184 Å². The van der Waals surface area contributed by atoms with Crippen molar-refractivity contribution in [1.82, 2.24) is 5.32 Å². The van der Waals surface area contributed by atoms with Gasteiger partial charge in [-0.25, -0.2) is 0 Å². The van der Waals surface area contributed by atoms with E-state index in [0.29, 0.717) is 42.1 Å². The Balaban J connectivity index is 1.15. The van der Waals surface area contributed by atoms with E-state index in [1.165, 1.54) is 0 Å². The fourth-order valence-corrected chi connectivity index (χ4v) is 4.41. The standard InChI is InChI=1S/C23H23N3O6/c27-17(13-1-3-18-19(11-13)32-12-31-18)5-7-24-22(29)23(30)25-16-9-14-2-4-20(28)26-8-6-15(10-16)21(14)26/h1,3,9-11,17,27H,2,4-8,12H2,(H,24,29)(H,25,30)/t17-/m1/s1. The van der Waals surface area contributed by atoms with Crippen LogP contribution in [-0.2, 0) is 27.2 Å². The smallest absolute Gasteiger partial charge is 0.313 e. The normalized spacial score (nSPS) is 16.5. The van der Waals surface area contributed by atoms with E-state index in [1.54, 1.807) is 23.1 Å². The van der Waals surface area contributed by atoms with Crippen LogP contribution >= 0.6 is 0 Å². The number of aliphatic hydroxyl groups is 1. The Morgan fingerprint density at radius 2 is 1.81 bits per heavy atom. The van der Waals surface area contributed by atoms with Gasteiger partial charge in [-0.05, 0) is 60.2 Å². The first-order chi connectivity index (χ1) is 15.5. The summed E-state index contributed by atoms with van der Waals surface area (Å²) >= 11 is 0. The molecular formula is C23H23N3O6. The molecule has 0 saturated carbocycles. The average molecular weight is 437 g/mol. The highest BCUT2D eigenvalue weighted by molar-refractivity contribution is 6.39. The van der Waals surface area contributed by atoms with Crippen LogP contribution in [0.5, 0.6) is 11.5 Å². The predicted octanol–water partition coefficient (Wildman–Crippen LogP) is 1.43. The van der Waals surface area contributed by atoms with E-state index in [1.807, 2.05) is 12.1 Å². The molecule has 0 aliphatic carbocycles. The molecule has 32 heavy (non-hydrogen) atoms. The van der Waals surface area contributed by atoms with Crippen LogP contribution in [0.1, 0.15) is 35.6 Å². The molecule has 9 nitrogen and oxygen atoms in total. The van der Waals surface area contributed by atoms with Crippen LogP contribution in [0.25, 0.3) is 0 Å². The summed E-state index contributed by atoms with van der Waals surface area (Å²) in [5.74, 6) is -0.197. The topological polar surface area (TPSA) is 117 Å². The number of rotatable bonds is 5. The molecule has 3 amide bonds. The Hall–Kier alpha value is -3.59. The summed E-state index contributed by atoms with van der Waals surface area (Å²) in [5.41, 5.74) is 4.18. The fourth-order valence-electron chi connectivity index (χ4n) is 4.41. The van der Waals surface area contributed by atoms with E-state index in [-0.39, 0.29) is 25.7 Å². The van der Waals surface area contributed by atoms with Gasteiger partial charge in [0.1, 0.15) is 0 Å². The molecule has 0 unspecified atom stereocenters. The molecule has 2 aromatic carbocycles. The van der Waals surface area contributed by atoms with Crippen molar-refractivity contribution in [3.8, 4) is 11.5 Å². The quantitative estimate of drug-likeness (QED) is 0.610. The van der Waals surface area contributed by atoms with E-state index in [9.17, 15) is 19.5 Å². The van der Waals surface area contributed by atoms with Crippen molar-refractivity contribution in [3.63, 3.8) is 0 Å². The molecule has 3 aliphatic rings. The minimum Gasteiger partial charge on any atom is -0.454 e. The molecule has 0 bridgehead atoms. The lowest BCUT2D eigenvalue weighted by molar-refractivity contribution is -0.136. The molecule has 0 aromatic heterocycles. The number of aliphatic hydroxyl groups excluding tert-OH is 1. The number of hydrogen-bond donors (Lipinski definition) is 3. The molecule has 0 spiro atoms. The van der Waals surface area contributed by atoms with Crippen LogP contribution in [0.15, 0.2) is 30.3 Å². The zero-order chi connectivity index (χ0) is 22.2. The zero-order valence-electron chi connectivity index (χ0n) is 17.3. The maximum Gasteiger partial charge on any atom is 0.313 e. The number of ether oxygens (including phenoxy) is 2. The highest BCUT2D eigenvalue weighted by Gasteiger charge is 2.31. The lowest BCUT2D eigenvalue weighted by Gasteiger charge is -2.25. The summed E-state index contributed by atoms with van der Waals surface area (Å²) in [6.45, 7) is 0.946. The molecule has 3 heterocycles. The highest BCUT2D eigenvalue weighted by Crippen LogP contribution is 2.38. The molecular weight excluding hydrogens is 414 g/mol. The zero-order valence-corrected chi connectivity index (χ0v) is 17.3. The lowest BCUT2D eigenvalue weighted by Crippen LogP contribution is -2.36. The highest BCUT2D eigenvalue weighted by atomic mass is 16.7. The van der Waals surface area contributed by atoms with Gasteiger partial charge < -0.3 is 30.1 Å². The lowest BCUT2D eigenvalue weighted by atomic mass is 9.98. The Bertz CT molecular complexity index is 1120. The number of nitrogens with zero attached hydrogens (tertiary/aromatic N) is 1. The largest absolute Gasteiger partial charge is 0.454 e. The Kier molecular flexibility index (Phi) is 5.18. The second-order valence-corrected chi connectivity index (χ2v) is 8.07. The first-order valence-corrected chi connectivity index (χ1v) is 10.6. The summed E-state index contributed by atoms with van der Waals surface area (Å²) in [4.78, 5) is 38.4. The Morgan fingerprint density at radius 1 is 1.03 bits per heavy atom. The first-order valence-electron chi connectivity index (χ1n) is 10.6. The van der Waals surface area contributed by atoms with Crippen LogP contribution < -0.4 is 25.0 Å². The van der Waals surface area contributed by atoms with Gasteiger partial charge in [0.05, 0.1) is 11.8 Å². The van der Waals surface area contributed by atoms with Crippen molar-refractivity contribution in [2.75, 3.05) is 30.1 Å². The van der Waals surface area contributed by atoms with Crippen LogP contribution in [0.4, 0.5) is 11.4 Å². The SMILES string of the molecule is O=C(NCC[C@@H](O)c1ccc2c(c1)OCO2)C(=O)Nc1cc2c3c(c1)CCN3C(=O)CC2. The van der Waals surface area contributed by atoms with E-state index in [4.69, 9.17) is 9.47 Å². The van der Waals surface area contributed by atoms with Gasteiger partial charge in [0.15, 0.2) is 11.5 Å². The maximum atomic E-state index is 12.3. The van der Waals surface area contributed by atoms with E-state index >= 15 is 0 Å². The minimum absolute atomic E-state index is 0.133. The third-order valence-electron chi connectivity index (χ3n) is 6.00. The molecule has 5 rings (SSSR count). The number of nitrogens with one attached hydrogen (secondary N) is 2. The van der Waals surface area contributed by atoms with Crippen molar-refractivity contribution in [2.24, 2.45) is 0 Å². The average Bonchev–Trinajstić information content (AvgIpc) is 3.43. The van der Waals surface area contributed by atoms with Crippen LogP contribution in [0.2, 0.25) is 0 Å². The van der Waals surface area contributed by atoms with Crippen LogP contribution in [-0.4, -0.2) is 42.7 Å². The van der Waals surface area contributed by atoms with Crippen molar-refractivity contribution >= 4 is 29.1 Å². The number of amides is 3. The third-order valence-corrected chi connectivity index (χ3v) is 6.00. The number of aryl methyl sites for hydroxylation is 1. The van der Waals surface area contributed by atoms with Crippen molar-refractivity contribution < 1.29 is 29.0 Å². The van der Waals surface area contributed by atoms with E-state index in [2.05, 4.69) is 10.6 Å². The van der Waals surface area contributed by atoms with Crippen molar-refractivity contribution in [1.29, 1.82) is 0 Å². The first kappa shape index (κ1) is 20.3. The van der Waals surface area contributed by atoms with Gasteiger partial charge in [0.2, 0.25) is 12.7 Å². The number of hydrogen-bond acceptors (Lipinski definition) is 6. The Morgan fingerprint density at radius 3 is 2.66 bits per heavy atom. The van der Waals surface area contributed by atoms with Crippen molar-refractivity contribution in [2.45, 2.75) is 31.8 Å². The van der Waals surface area contributed by atoms with E-state index < -0.39 is 17.9 Å². The molecule has 9 heteroatoms. The number of carbonyl (C=O) groups is 3. The maximum absolute atomic E-state index is 12.3. The summed E-state index contributed by atoms with van der Waals surface area (Å²) < 4.78 is 10.6. The minimum atomic E-state index is -0.816. The van der Waals surface area contributed by atoms with Crippen LogP contribution in [0, 0.1) is 0 Å². The summed E-state index contributed by atoms with van der Waals surface area (Å²) in [5, 5.41) is 15.5. The molecule has 0 radical (unpaired) electrons. The van der Waals surface area contributed by atoms with Crippen LogP contribution in [0.3, 0.4) is 0 Å². The summed E-state index contributed by atoms with van der Waals surface area (Å²) in [6, 6.07) is 8.83. The monoisotopic (exact) mass is 437 g/mol. The molecule has 3 aliphatic heterocycles. The number of carbonyl (C=O) groups excluding carboxylic acids is 3. The summed E-state index contributed by atoms with van der Waals surface area (Å²) in [6.07, 6.45) is 1.25. The van der Waals surface area contributed by atoms with Gasteiger partial charge in [0, 0.05) is 25.2 Å². The van der Waals surface area contributed by atoms with Gasteiger partial charge in [-0.1, -0.05) is 6.07 Å². The molecule has 1 atom stereocenters. The van der Waals surface area contributed by atoms with Crippen molar-refractivity contribution in [3.05, 3.63) is 47.0 Å². The fraction of sp³-hybridized carbons (Fsp3) is 0.348. The van der Waals surface area contributed by atoms with E-state index in [0.717, 1.165) is 23.2 Å². The number of anilines is 2. The van der Waals surface area contributed by atoms with Gasteiger partial charge >= 0.3 is 11.8 Å². The van der Waals surface area contributed by atoms with Gasteiger partial charge in [-0.2, -0.15) is 0 Å². The number of benzene rings is 2. The predicted molar refractivity (Wildman–Crippen MR) is 115 cm³/mol. The third kappa shape index (κ3) is 3.75. The molecule has 0 fully saturated rings. The molecule has 2 aromatic rings. The second kappa shape index (κ2) is 8.16. The summed E-state index contributed by atoms with van der Waals surface area (Å²) in [7, 11) is 0. The second-order valence-electron chi connectivity index (χ2n) is 8.07.